The van der Waals surface area contributed by atoms with Crippen LogP contribution in [-0.4, -0.2) is 17.3 Å². The van der Waals surface area contributed by atoms with Crippen LogP contribution in [0.5, 0.6) is 17.2 Å². The SMILES string of the molecule is COc1c(C)c(O)c(Br)c(Br)c1O. The second-order valence-corrected chi connectivity index (χ2v) is 4.07. The molecular formula is C8H8Br2O3. The topological polar surface area (TPSA) is 49.7 Å². The highest BCUT2D eigenvalue weighted by molar-refractivity contribution is 9.13. The number of benzene rings is 1. The third kappa shape index (κ3) is 1.62. The average molecular weight is 312 g/mol. The van der Waals surface area contributed by atoms with Crippen molar-refractivity contribution in [1.82, 2.24) is 0 Å². The van der Waals surface area contributed by atoms with Crippen LogP contribution in [0.4, 0.5) is 0 Å². The minimum Gasteiger partial charge on any atom is -0.506 e. The van der Waals surface area contributed by atoms with E-state index in [2.05, 4.69) is 31.9 Å². The highest BCUT2D eigenvalue weighted by Gasteiger charge is 2.18. The fraction of sp³-hybridized carbons (Fsp3) is 0.250. The molecule has 0 atom stereocenters. The Kier molecular flexibility index (Phi) is 3.08. The molecule has 1 aromatic rings. The summed E-state index contributed by atoms with van der Waals surface area (Å²) in [4.78, 5) is 0. The van der Waals surface area contributed by atoms with Crippen molar-refractivity contribution >= 4 is 31.9 Å². The van der Waals surface area contributed by atoms with Gasteiger partial charge in [-0.2, -0.15) is 0 Å². The summed E-state index contributed by atoms with van der Waals surface area (Å²) in [5.41, 5.74) is 0.495. The molecule has 1 rings (SSSR count). The summed E-state index contributed by atoms with van der Waals surface area (Å²) < 4.78 is 5.73. The van der Waals surface area contributed by atoms with Crippen molar-refractivity contribution in [3.63, 3.8) is 0 Å². The highest BCUT2D eigenvalue weighted by atomic mass is 79.9. The molecule has 0 saturated heterocycles. The molecule has 3 nitrogen and oxygen atoms in total. The van der Waals surface area contributed by atoms with Gasteiger partial charge in [-0.15, -0.1) is 0 Å². The number of rotatable bonds is 1. The van der Waals surface area contributed by atoms with Crippen molar-refractivity contribution in [3.05, 3.63) is 14.5 Å². The van der Waals surface area contributed by atoms with Crippen LogP contribution in [-0.2, 0) is 0 Å². The van der Waals surface area contributed by atoms with Gasteiger partial charge in [-0.25, -0.2) is 0 Å². The van der Waals surface area contributed by atoms with Gasteiger partial charge >= 0.3 is 0 Å². The monoisotopic (exact) mass is 310 g/mol. The zero-order chi connectivity index (χ0) is 10.2. The lowest BCUT2D eigenvalue weighted by Crippen LogP contribution is -1.90. The van der Waals surface area contributed by atoms with Gasteiger partial charge in [-0.1, -0.05) is 0 Å². The Morgan fingerprint density at radius 1 is 1.08 bits per heavy atom. The molecule has 0 fully saturated rings. The molecule has 0 amide bonds. The van der Waals surface area contributed by atoms with Gasteiger partial charge in [-0.3, -0.25) is 0 Å². The minimum absolute atomic E-state index is 0.0234. The maximum Gasteiger partial charge on any atom is 0.173 e. The lowest BCUT2D eigenvalue weighted by atomic mass is 10.2. The summed E-state index contributed by atoms with van der Waals surface area (Å²) in [5.74, 6) is 0.304. The number of ether oxygens (including phenoxy) is 1. The molecule has 0 bridgehead atoms. The molecule has 0 aromatic heterocycles. The van der Waals surface area contributed by atoms with Gasteiger partial charge in [0.05, 0.1) is 16.1 Å². The highest BCUT2D eigenvalue weighted by Crippen LogP contribution is 2.47. The second kappa shape index (κ2) is 3.75. The van der Waals surface area contributed by atoms with Gasteiger partial charge in [0.25, 0.3) is 0 Å². The summed E-state index contributed by atoms with van der Waals surface area (Å²) >= 11 is 6.25. The molecule has 0 radical (unpaired) electrons. The predicted molar refractivity (Wildman–Crippen MR) is 56.5 cm³/mol. The Bertz CT molecular complexity index is 321. The number of hydrogen-bond acceptors (Lipinski definition) is 3. The number of hydrogen-bond donors (Lipinski definition) is 2. The van der Waals surface area contributed by atoms with E-state index in [9.17, 15) is 10.2 Å². The fourth-order valence-electron chi connectivity index (χ4n) is 1.01. The maximum atomic E-state index is 9.57. The number of phenolic OH excluding ortho intramolecular Hbond substituents is 2. The lowest BCUT2D eigenvalue weighted by molar-refractivity contribution is 0.362. The molecule has 13 heavy (non-hydrogen) atoms. The Balaban J connectivity index is 3.56. The van der Waals surface area contributed by atoms with E-state index < -0.39 is 0 Å². The van der Waals surface area contributed by atoms with Crippen LogP contribution in [0, 0.1) is 6.92 Å². The molecule has 0 heterocycles. The molecule has 1 aromatic carbocycles. The third-order valence-electron chi connectivity index (χ3n) is 1.72. The molecule has 5 heteroatoms. The first-order valence-corrected chi connectivity index (χ1v) is 5.02. The van der Waals surface area contributed by atoms with E-state index in [1.54, 1.807) is 6.92 Å². The number of aromatic hydroxyl groups is 2. The Hall–Kier alpha value is -0.420. The van der Waals surface area contributed by atoms with Crippen LogP contribution in [0.1, 0.15) is 5.56 Å². The van der Waals surface area contributed by atoms with E-state index in [0.29, 0.717) is 14.5 Å². The second-order valence-electron chi connectivity index (χ2n) is 2.48. The van der Waals surface area contributed by atoms with Crippen LogP contribution >= 0.6 is 31.9 Å². The van der Waals surface area contributed by atoms with Crippen LogP contribution in [0.3, 0.4) is 0 Å². The van der Waals surface area contributed by atoms with E-state index in [1.807, 2.05) is 0 Å². The molecule has 72 valence electrons. The summed E-state index contributed by atoms with van der Waals surface area (Å²) in [6, 6.07) is 0. The van der Waals surface area contributed by atoms with Crippen molar-refractivity contribution in [2.45, 2.75) is 6.92 Å². The molecular weight excluding hydrogens is 304 g/mol. The molecule has 0 aliphatic carbocycles. The zero-order valence-corrected chi connectivity index (χ0v) is 10.2. The van der Waals surface area contributed by atoms with E-state index in [-0.39, 0.29) is 17.2 Å². The first kappa shape index (κ1) is 10.7. The van der Waals surface area contributed by atoms with Crippen LogP contribution < -0.4 is 4.74 Å². The Morgan fingerprint density at radius 3 is 2.00 bits per heavy atom. The zero-order valence-electron chi connectivity index (χ0n) is 7.06. The van der Waals surface area contributed by atoms with Gasteiger partial charge in [0.2, 0.25) is 0 Å². The minimum atomic E-state index is -0.0234. The van der Waals surface area contributed by atoms with Gasteiger partial charge in [-0.05, 0) is 38.8 Å². The molecule has 0 aliphatic rings. The first-order valence-electron chi connectivity index (χ1n) is 3.44. The van der Waals surface area contributed by atoms with E-state index in [0.717, 1.165) is 0 Å². The van der Waals surface area contributed by atoms with Crippen molar-refractivity contribution < 1.29 is 14.9 Å². The third-order valence-corrected chi connectivity index (χ3v) is 3.80. The van der Waals surface area contributed by atoms with Crippen LogP contribution in [0.25, 0.3) is 0 Å². The maximum absolute atomic E-state index is 9.57. The standard InChI is InChI=1S/C8H8Br2O3/c1-3-6(11)4(9)5(10)7(12)8(3)13-2/h11-12H,1-2H3. The van der Waals surface area contributed by atoms with Crippen molar-refractivity contribution in [2.75, 3.05) is 7.11 Å². The lowest BCUT2D eigenvalue weighted by Gasteiger charge is -2.12. The first-order chi connectivity index (χ1) is 6.00. The number of halogens is 2. The van der Waals surface area contributed by atoms with Crippen molar-refractivity contribution in [2.24, 2.45) is 0 Å². The molecule has 0 unspecified atom stereocenters. The van der Waals surface area contributed by atoms with Gasteiger partial charge in [0.15, 0.2) is 11.5 Å². The smallest absolute Gasteiger partial charge is 0.173 e. The van der Waals surface area contributed by atoms with Crippen molar-refractivity contribution in [1.29, 1.82) is 0 Å². The molecule has 0 spiro atoms. The van der Waals surface area contributed by atoms with E-state index in [4.69, 9.17) is 4.74 Å². The number of methoxy groups -OCH3 is 1. The van der Waals surface area contributed by atoms with E-state index in [1.165, 1.54) is 7.11 Å². The van der Waals surface area contributed by atoms with Crippen molar-refractivity contribution in [3.8, 4) is 17.2 Å². The Labute approximate surface area is 92.6 Å². The summed E-state index contributed by atoms with van der Waals surface area (Å²) in [6.07, 6.45) is 0. The summed E-state index contributed by atoms with van der Waals surface area (Å²) in [6.45, 7) is 1.66. The largest absolute Gasteiger partial charge is 0.506 e. The summed E-state index contributed by atoms with van der Waals surface area (Å²) in [7, 11) is 1.43. The quantitative estimate of drug-likeness (QED) is 0.784. The number of phenols is 2. The molecule has 2 N–H and O–H groups in total. The van der Waals surface area contributed by atoms with Gasteiger partial charge < -0.3 is 14.9 Å². The normalized spacial score (nSPS) is 10.2. The van der Waals surface area contributed by atoms with Crippen LogP contribution in [0.2, 0.25) is 0 Å². The predicted octanol–water partition coefficient (Wildman–Crippen LogP) is 2.94. The van der Waals surface area contributed by atoms with Crippen LogP contribution in [0.15, 0.2) is 8.95 Å². The van der Waals surface area contributed by atoms with Gasteiger partial charge in [0, 0.05) is 5.56 Å². The Morgan fingerprint density at radius 2 is 1.54 bits per heavy atom. The summed E-state index contributed by atoms with van der Waals surface area (Å²) in [5, 5.41) is 19.1. The van der Waals surface area contributed by atoms with E-state index >= 15 is 0 Å². The van der Waals surface area contributed by atoms with Gasteiger partial charge in [0.1, 0.15) is 5.75 Å². The molecule has 0 saturated carbocycles. The average Bonchev–Trinajstić information content (AvgIpc) is 2.13. The fourth-order valence-corrected chi connectivity index (χ4v) is 1.86. The molecule has 0 aliphatic heterocycles.